The van der Waals surface area contributed by atoms with E-state index in [2.05, 4.69) is 39.1 Å². The zero-order valence-electron chi connectivity index (χ0n) is 17.7. The standard InChI is InChI=1S/C19H39N5O3S/c1-4-20-19(23-17-8-11-24(12-9-17)16(2)3)21-10-14-28(25,26)22-15-18-7-5-6-13-27-18/h16-18,22H,4-15H2,1-3H3,(H2,20,21,23). The highest BCUT2D eigenvalue weighted by Crippen LogP contribution is 2.13. The van der Waals surface area contributed by atoms with Crippen molar-refractivity contribution in [2.24, 2.45) is 4.99 Å². The fourth-order valence-corrected chi connectivity index (χ4v) is 4.53. The lowest BCUT2D eigenvalue weighted by atomic mass is 10.0. The van der Waals surface area contributed by atoms with E-state index in [0.717, 1.165) is 58.3 Å². The van der Waals surface area contributed by atoms with Crippen molar-refractivity contribution in [3.63, 3.8) is 0 Å². The molecule has 2 saturated heterocycles. The molecule has 0 saturated carbocycles. The first kappa shape index (κ1) is 23.4. The van der Waals surface area contributed by atoms with Crippen molar-refractivity contribution < 1.29 is 13.2 Å². The Balaban J connectivity index is 1.74. The number of sulfonamides is 1. The van der Waals surface area contributed by atoms with Crippen LogP contribution in [0.15, 0.2) is 4.99 Å². The molecule has 0 bridgehead atoms. The Hall–Kier alpha value is -0.900. The van der Waals surface area contributed by atoms with E-state index in [1.54, 1.807) is 0 Å². The molecule has 0 aromatic rings. The number of rotatable bonds is 9. The monoisotopic (exact) mass is 417 g/mol. The molecule has 0 aromatic heterocycles. The third-order valence-electron chi connectivity index (χ3n) is 5.38. The van der Waals surface area contributed by atoms with Gasteiger partial charge in [-0.15, -0.1) is 0 Å². The molecule has 2 heterocycles. The first-order valence-corrected chi connectivity index (χ1v) is 12.4. The van der Waals surface area contributed by atoms with Crippen LogP contribution in [0.1, 0.15) is 52.9 Å². The average Bonchev–Trinajstić information content (AvgIpc) is 2.68. The highest BCUT2D eigenvalue weighted by molar-refractivity contribution is 7.89. The maximum atomic E-state index is 12.2. The Morgan fingerprint density at radius 3 is 2.57 bits per heavy atom. The molecular formula is C19H39N5O3S. The molecule has 0 spiro atoms. The summed E-state index contributed by atoms with van der Waals surface area (Å²) in [5, 5.41) is 6.69. The quantitative estimate of drug-likeness (QED) is 0.381. The molecule has 164 valence electrons. The Morgan fingerprint density at radius 1 is 1.21 bits per heavy atom. The van der Waals surface area contributed by atoms with Gasteiger partial charge in [0.15, 0.2) is 5.96 Å². The van der Waals surface area contributed by atoms with Gasteiger partial charge in [0, 0.05) is 44.9 Å². The molecule has 0 aromatic carbocycles. The molecule has 2 aliphatic heterocycles. The van der Waals surface area contributed by atoms with Gasteiger partial charge in [-0.05, 0) is 52.9 Å². The molecule has 2 rings (SSSR count). The number of piperidine rings is 1. The molecular weight excluding hydrogens is 378 g/mol. The van der Waals surface area contributed by atoms with E-state index in [0.29, 0.717) is 24.6 Å². The topological polar surface area (TPSA) is 95.1 Å². The number of likely N-dealkylation sites (tertiary alicyclic amines) is 1. The van der Waals surface area contributed by atoms with Crippen LogP contribution < -0.4 is 15.4 Å². The summed E-state index contributed by atoms with van der Waals surface area (Å²) in [6, 6.07) is 0.963. The maximum Gasteiger partial charge on any atom is 0.213 e. The first-order valence-electron chi connectivity index (χ1n) is 10.8. The van der Waals surface area contributed by atoms with Gasteiger partial charge in [-0.1, -0.05) is 0 Å². The molecule has 1 atom stereocenters. The van der Waals surface area contributed by atoms with Crippen LogP contribution in [-0.4, -0.2) is 82.5 Å². The van der Waals surface area contributed by atoms with Gasteiger partial charge in [0.25, 0.3) is 0 Å². The number of nitrogens with zero attached hydrogens (tertiary/aromatic N) is 2. The van der Waals surface area contributed by atoms with Gasteiger partial charge in [0.05, 0.1) is 18.4 Å². The van der Waals surface area contributed by atoms with Gasteiger partial charge in [0.2, 0.25) is 10.0 Å². The van der Waals surface area contributed by atoms with Crippen LogP contribution in [0.4, 0.5) is 0 Å². The Bertz CT molecular complexity index is 568. The smallest absolute Gasteiger partial charge is 0.213 e. The van der Waals surface area contributed by atoms with E-state index in [4.69, 9.17) is 4.74 Å². The Morgan fingerprint density at radius 2 is 1.96 bits per heavy atom. The number of aliphatic imine (C=N–C) groups is 1. The minimum absolute atomic E-state index is 0.00252. The molecule has 28 heavy (non-hydrogen) atoms. The molecule has 9 heteroatoms. The summed E-state index contributed by atoms with van der Waals surface area (Å²) >= 11 is 0. The Kier molecular flexibility index (Phi) is 9.98. The molecule has 2 aliphatic rings. The fraction of sp³-hybridized carbons (Fsp3) is 0.947. The SMILES string of the molecule is CCNC(=NCCS(=O)(=O)NCC1CCCCO1)NC1CCN(C(C)C)CC1. The summed E-state index contributed by atoms with van der Waals surface area (Å²) in [6.45, 7) is 10.7. The van der Waals surface area contributed by atoms with Gasteiger partial charge in [0.1, 0.15) is 0 Å². The van der Waals surface area contributed by atoms with E-state index in [1.807, 2.05) is 6.92 Å². The molecule has 2 fully saturated rings. The summed E-state index contributed by atoms with van der Waals surface area (Å²) in [5.74, 6) is 0.693. The summed E-state index contributed by atoms with van der Waals surface area (Å²) < 4.78 is 32.7. The molecule has 0 aliphatic carbocycles. The normalized spacial score (nSPS) is 23.1. The minimum atomic E-state index is -3.34. The number of nitrogens with one attached hydrogen (secondary N) is 3. The van der Waals surface area contributed by atoms with Crippen LogP contribution in [0.3, 0.4) is 0 Å². The first-order chi connectivity index (χ1) is 13.4. The van der Waals surface area contributed by atoms with Crippen LogP contribution >= 0.6 is 0 Å². The second kappa shape index (κ2) is 11.9. The summed E-state index contributed by atoms with van der Waals surface area (Å²) in [6.07, 6.45) is 5.24. The summed E-state index contributed by atoms with van der Waals surface area (Å²) in [5.41, 5.74) is 0. The number of ether oxygens (including phenoxy) is 1. The average molecular weight is 418 g/mol. The van der Waals surface area contributed by atoms with Crippen molar-refractivity contribution in [3.05, 3.63) is 0 Å². The highest BCUT2D eigenvalue weighted by Gasteiger charge is 2.21. The lowest BCUT2D eigenvalue weighted by molar-refractivity contribution is 0.0200. The van der Waals surface area contributed by atoms with Crippen molar-refractivity contribution in [2.75, 3.05) is 45.1 Å². The van der Waals surface area contributed by atoms with Crippen LogP contribution in [0.5, 0.6) is 0 Å². The van der Waals surface area contributed by atoms with Gasteiger partial charge in [-0.3, -0.25) is 4.99 Å². The van der Waals surface area contributed by atoms with E-state index in [9.17, 15) is 8.42 Å². The van der Waals surface area contributed by atoms with Crippen molar-refractivity contribution in [1.82, 2.24) is 20.3 Å². The lowest BCUT2D eigenvalue weighted by Gasteiger charge is -2.35. The number of hydrogen-bond acceptors (Lipinski definition) is 5. The lowest BCUT2D eigenvalue weighted by Crippen LogP contribution is -2.50. The predicted molar refractivity (Wildman–Crippen MR) is 114 cm³/mol. The van der Waals surface area contributed by atoms with Crippen molar-refractivity contribution in [2.45, 2.75) is 71.1 Å². The number of guanidine groups is 1. The van der Waals surface area contributed by atoms with Crippen molar-refractivity contribution >= 4 is 16.0 Å². The zero-order valence-corrected chi connectivity index (χ0v) is 18.6. The Labute approximate surface area is 170 Å². The fourth-order valence-electron chi connectivity index (χ4n) is 3.61. The highest BCUT2D eigenvalue weighted by atomic mass is 32.2. The van der Waals surface area contributed by atoms with E-state index >= 15 is 0 Å². The predicted octanol–water partition coefficient (Wildman–Crippen LogP) is 0.903. The molecule has 0 radical (unpaired) electrons. The van der Waals surface area contributed by atoms with E-state index in [-0.39, 0.29) is 18.4 Å². The molecule has 1 unspecified atom stereocenters. The van der Waals surface area contributed by atoms with E-state index in [1.165, 1.54) is 0 Å². The van der Waals surface area contributed by atoms with Crippen LogP contribution in [0.25, 0.3) is 0 Å². The summed E-state index contributed by atoms with van der Waals surface area (Å²) in [7, 11) is -3.34. The van der Waals surface area contributed by atoms with Crippen molar-refractivity contribution in [3.8, 4) is 0 Å². The van der Waals surface area contributed by atoms with Crippen LogP contribution in [-0.2, 0) is 14.8 Å². The third-order valence-corrected chi connectivity index (χ3v) is 6.71. The molecule has 0 amide bonds. The third kappa shape index (κ3) is 8.63. The maximum absolute atomic E-state index is 12.2. The molecule has 3 N–H and O–H groups in total. The van der Waals surface area contributed by atoms with Crippen molar-refractivity contribution in [1.29, 1.82) is 0 Å². The van der Waals surface area contributed by atoms with E-state index < -0.39 is 10.0 Å². The van der Waals surface area contributed by atoms with Crippen LogP contribution in [0, 0.1) is 0 Å². The zero-order chi connectivity index (χ0) is 20.4. The summed E-state index contributed by atoms with van der Waals surface area (Å²) in [4.78, 5) is 6.95. The molecule has 8 nitrogen and oxygen atoms in total. The van der Waals surface area contributed by atoms with Gasteiger partial charge < -0.3 is 20.3 Å². The van der Waals surface area contributed by atoms with Gasteiger partial charge in [-0.25, -0.2) is 13.1 Å². The van der Waals surface area contributed by atoms with Gasteiger partial charge >= 0.3 is 0 Å². The largest absolute Gasteiger partial charge is 0.377 e. The second-order valence-corrected chi connectivity index (χ2v) is 9.89. The van der Waals surface area contributed by atoms with Crippen LogP contribution in [0.2, 0.25) is 0 Å². The second-order valence-electron chi connectivity index (χ2n) is 7.96. The van der Waals surface area contributed by atoms with Gasteiger partial charge in [-0.2, -0.15) is 0 Å². The number of hydrogen-bond donors (Lipinski definition) is 3. The minimum Gasteiger partial charge on any atom is -0.377 e.